The maximum atomic E-state index is 13.7. The molecule has 0 aliphatic carbocycles. The number of amides is 1. The topological polar surface area (TPSA) is 86.1 Å². The van der Waals surface area contributed by atoms with E-state index in [1.165, 1.54) is 17.9 Å². The van der Waals surface area contributed by atoms with Crippen molar-refractivity contribution in [3.63, 3.8) is 0 Å². The second kappa shape index (κ2) is 8.89. The summed E-state index contributed by atoms with van der Waals surface area (Å²) in [5, 5.41) is 3.02. The van der Waals surface area contributed by atoms with E-state index in [-0.39, 0.29) is 35.8 Å². The van der Waals surface area contributed by atoms with Gasteiger partial charge in [-0.1, -0.05) is 11.8 Å². The van der Waals surface area contributed by atoms with Crippen molar-refractivity contribution in [1.82, 2.24) is 14.5 Å². The van der Waals surface area contributed by atoms with Crippen molar-refractivity contribution >= 4 is 34.4 Å². The number of rotatable bonds is 7. The number of methoxy groups -OCH3 is 1. The third-order valence-corrected chi connectivity index (χ3v) is 4.73. The maximum absolute atomic E-state index is 13.7. The summed E-state index contributed by atoms with van der Waals surface area (Å²) in [4.78, 5) is 33.3. The van der Waals surface area contributed by atoms with Gasteiger partial charge in [0.15, 0.2) is 10.8 Å². The van der Waals surface area contributed by atoms with Gasteiger partial charge in [0.25, 0.3) is 5.56 Å². The highest BCUT2D eigenvalue weighted by Crippen LogP contribution is 2.19. The van der Waals surface area contributed by atoms with E-state index in [0.29, 0.717) is 16.6 Å². The highest BCUT2D eigenvalue weighted by molar-refractivity contribution is 7.99. The summed E-state index contributed by atoms with van der Waals surface area (Å²) in [7, 11) is 1.51. The van der Waals surface area contributed by atoms with Gasteiger partial charge in [-0.25, -0.2) is 18.7 Å². The minimum absolute atomic E-state index is 0.128. The van der Waals surface area contributed by atoms with Gasteiger partial charge in [-0.15, -0.1) is 0 Å². The fourth-order valence-corrected chi connectivity index (χ4v) is 3.25. The second-order valence-electron chi connectivity index (χ2n) is 5.68. The molecule has 0 spiro atoms. The van der Waals surface area contributed by atoms with Gasteiger partial charge in [-0.3, -0.25) is 14.2 Å². The number of nitrogens with one attached hydrogen (secondary N) is 1. The number of anilines is 1. The molecule has 0 fully saturated rings. The van der Waals surface area contributed by atoms with Crippen molar-refractivity contribution in [2.45, 2.75) is 11.7 Å². The molecule has 146 valence electrons. The second-order valence-corrected chi connectivity index (χ2v) is 6.62. The molecule has 2 aromatic heterocycles. The summed E-state index contributed by atoms with van der Waals surface area (Å²) < 4.78 is 33.1. The average Bonchev–Trinajstić information content (AvgIpc) is 2.68. The molecule has 3 rings (SSSR count). The molecule has 7 nitrogen and oxygen atoms in total. The van der Waals surface area contributed by atoms with Crippen LogP contribution >= 0.6 is 11.8 Å². The van der Waals surface area contributed by atoms with Crippen LogP contribution in [0.3, 0.4) is 0 Å². The number of pyridine rings is 1. The molecule has 0 unspecified atom stereocenters. The van der Waals surface area contributed by atoms with E-state index in [4.69, 9.17) is 4.74 Å². The predicted molar refractivity (Wildman–Crippen MR) is 101 cm³/mol. The van der Waals surface area contributed by atoms with Gasteiger partial charge in [0.05, 0.1) is 30.0 Å². The fraction of sp³-hybridized carbons (Fsp3) is 0.222. The molecule has 0 atom stereocenters. The molecule has 1 N–H and O–H groups in total. The number of nitrogens with zero attached hydrogens (tertiary/aromatic N) is 3. The summed E-state index contributed by atoms with van der Waals surface area (Å²) in [5.74, 6) is -2.26. The van der Waals surface area contributed by atoms with E-state index in [0.717, 1.165) is 23.9 Å². The predicted octanol–water partition coefficient (Wildman–Crippen LogP) is 2.45. The quantitative estimate of drug-likeness (QED) is 0.479. The average molecular weight is 406 g/mol. The summed E-state index contributed by atoms with van der Waals surface area (Å²) >= 11 is 1.01. The van der Waals surface area contributed by atoms with E-state index >= 15 is 0 Å². The largest absolute Gasteiger partial charge is 0.383 e. The Hall–Kier alpha value is -2.85. The van der Waals surface area contributed by atoms with Crippen molar-refractivity contribution in [2.24, 2.45) is 0 Å². The summed E-state index contributed by atoms with van der Waals surface area (Å²) in [6.45, 7) is 0.539. The van der Waals surface area contributed by atoms with Crippen molar-refractivity contribution in [1.29, 1.82) is 0 Å². The smallest absolute Gasteiger partial charge is 0.263 e. The Balaban J connectivity index is 1.80. The van der Waals surface area contributed by atoms with Gasteiger partial charge in [-0.2, -0.15) is 0 Å². The van der Waals surface area contributed by atoms with Gasteiger partial charge in [0, 0.05) is 19.4 Å². The van der Waals surface area contributed by atoms with Crippen molar-refractivity contribution in [2.75, 3.05) is 24.8 Å². The van der Waals surface area contributed by atoms with Gasteiger partial charge in [0.1, 0.15) is 11.6 Å². The van der Waals surface area contributed by atoms with E-state index < -0.39 is 17.5 Å². The number of thioether (sulfide) groups is 1. The number of aromatic nitrogens is 3. The lowest BCUT2D eigenvalue weighted by atomic mass is 10.3. The van der Waals surface area contributed by atoms with Gasteiger partial charge < -0.3 is 10.1 Å². The third kappa shape index (κ3) is 4.52. The Morgan fingerprint density at radius 3 is 2.89 bits per heavy atom. The summed E-state index contributed by atoms with van der Waals surface area (Å²) in [6.07, 6.45) is 1.52. The van der Waals surface area contributed by atoms with E-state index in [1.54, 1.807) is 12.1 Å². The molecule has 1 aromatic carbocycles. The lowest BCUT2D eigenvalue weighted by molar-refractivity contribution is -0.113. The zero-order chi connectivity index (χ0) is 20.1. The van der Waals surface area contributed by atoms with E-state index in [1.807, 2.05) is 0 Å². The molecule has 1 amide bonds. The summed E-state index contributed by atoms with van der Waals surface area (Å²) in [5.41, 5.74) is -0.145. The minimum Gasteiger partial charge on any atom is -0.383 e. The maximum Gasteiger partial charge on any atom is 0.263 e. The van der Waals surface area contributed by atoms with Crippen LogP contribution in [0.5, 0.6) is 0 Å². The fourth-order valence-electron chi connectivity index (χ4n) is 2.43. The van der Waals surface area contributed by atoms with E-state index in [9.17, 15) is 18.4 Å². The Morgan fingerprint density at radius 2 is 2.14 bits per heavy atom. The number of hydrogen-bond acceptors (Lipinski definition) is 6. The van der Waals surface area contributed by atoms with Crippen LogP contribution in [-0.4, -0.2) is 39.9 Å². The molecule has 3 aromatic rings. The number of fused-ring (bicyclic) bond motifs is 1. The number of benzene rings is 1. The first kappa shape index (κ1) is 19.9. The van der Waals surface area contributed by atoms with Crippen LogP contribution < -0.4 is 10.9 Å². The van der Waals surface area contributed by atoms with Crippen molar-refractivity contribution in [3.8, 4) is 0 Å². The molecular weight excluding hydrogens is 390 g/mol. The molecule has 0 saturated heterocycles. The van der Waals surface area contributed by atoms with Gasteiger partial charge >= 0.3 is 0 Å². The standard InChI is InChI=1S/C18H16F2N4O3S/c1-27-8-7-24-17(26)12-3-2-6-21-16(12)23-18(24)28-10-15(25)22-14-5-4-11(19)9-13(14)20/h2-6,9H,7-8,10H2,1H3,(H,22,25). The Kier molecular flexibility index (Phi) is 6.32. The SMILES string of the molecule is COCCn1c(SCC(=O)Nc2ccc(F)cc2F)nc2ncccc2c1=O. The first-order valence-corrected chi connectivity index (χ1v) is 9.20. The minimum atomic E-state index is -0.872. The molecule has 0 radical (unpaired) electrons. The lowest BCUT2D eigenvalue weighted by Gasteiger charge is -2.12. The van der Waals surface area contributed by atoms with Crippen LogP contribution in [-0.2, 0) is 16.1 Å². The number of carbonyl (C=O) groups is 1. The molecular formula is C18H16F2N4O3S. The lowest BCUT2D eigenvalue weighted by Crippen LogP contribution is -2.26. The van der Waals surface area contributed by atoms with Gasteiger partial charge in [0.2, 0.25) is 5.91 Å². The molecule has 2 heterocycles. The van der Waals surface area contributed by atoms with Crippen molar-refractivity contribution < 1.29 is 18.3 Å². The van der Waals surface area contributed by atoms with Crippen LogP contribution in [0.25, 0.3) is 11.0 Å². The normalized spacial score (nSPS) is 11.0. The Morgan fingerprint density at radius 1 is 1.32 bits per heavy atom. The molecule has 0 bridgehead atoms. The van der Waals surface area contributed by atoms with E-state index in [2.05, 4.69) is 15.3 Å². The van der Waals surface area contributed by atoms with Crippen LogP contribution in [0.2, 0.25) is 0 Å². The Bertz CT molecular complexity index is 1070. The van der Waals surface area contributed by atoms with Gasteiger partial charge in [-0.05, 0) is 24.3 Å². The van der Waals surface area contributed by atoms with Crippen molar-refractivity contribution in [3.05, 3.63) is 58.5 Å². The summed E-state index contributed by atoms with van der Waals surface area (Å²) in [6, 6.07) is 6.13. The first-order valence-electron chi connectivity index (χ1n) is 8.22. The molecule has 28 heavy (non-hydrogen) atoms. The highest BCUT2D eigenvalue weighted by atomic mass is 32.2. The monoisotopic (exact) mass is 406 g/mol. The number of halogens is 2. The molecule has 0 saturated carbocycles. The molecule has 0 aliphatic rings. The number of carbonyl (C=O) groups excluding carboxylic acids is 1. The zero-order valence-corrected chi connectivity index (χ0v) is 15.6. The van der Waals surface area contributed by atoms with Crippen LogP contribution in [0.4, 0.5) is 14.5 Å². The number of ether oxygens (including phenoxy) is 1. The van der Waals surface area contributed by atoms with Crippen LogP contribution in [0.15, 0.2) is 46.5 Å². The first-order chi connectivity index (χ1) is 13.5. The third-order valence-electron chi connectivity index (χ3n) is 3.75. The zero-order valence-electron chi connectivity index (χ0n) is 14.8. The van der Waals surface area contributed by atoms with Crippen LogP contribution in [0.1, 0.15) is 0 Å². The molecule has 0 aliphatic heterocycles. The Labute approximate surface area is 162 Å². The highest BCUT2D eigenvalue weighted by Gasteiger charge is 2.15. The van der Waals surface area contributed by atoms with Crippen LogP contribution in [0, 0.1) is 11.6 Å². The number of hydrogen-bond donors (Lipinski definition) is 1. The molecule has 10 heteroatoms.